The van der Waals surface area contributed by atoms with Crippen LogP contribution in [0.25, 0.3) is 0 Å². The Morgan fingerprint density at radius 1 is 1.25 bits per heavy atom. The van der Waals surface area contributed by atoms with Gasteiger partial charge in [0.05, 0.1) is 13.4 Å². The number of benzene rings is 1. The molecule has 24 heavy (non-hydrogen) atoms. The normalized spacial score (nSPS) is 10.4. The van der Waals surface area contributed by atoms with Crippen molar-refractivity contribution in [3.8, 4) is 5.75 Å². The van der Waals surface area contributed by atoms with Crippen molar-refractivity contribution in [3.05, 3.63) is 58.3 Å². The fraction of sp³-hybridized carbons (Fsp3) is 0.389. The largest absolute Gasteiger partial charge is 0.497 e. The Labute approximate surface area is 141 Å². The summed E-state index contributed by atoms with van der Waals surface area (Å²) in [6.07, 6.45) is 3.86. The molecule has 0 fully saturated rings. The van der Waals surface area contributed by atoms with E-state index in [0.29, 0.717) is 6.54 Å². The van der Waals surface area contributed by atoms with Gasteiger partial charge in [0.1, 0.15) is 12.3 Å². The molecular weight excluding hydrogens is 306 g/mol. The molecule has 2 rings (SSSR count). The van der Waals surface area contributed by atoms with Crippen molar-refractivity contribution in [1.29, 1.82) is 0 Å². The standard InChI is InChI=1S/C18H23N3O3/c1-3-4-15-11-18(23)21(13-20-15)12-17(22)19-10-9-14-5-7-16(24-2)8-6-14/h5-8,11,13H,3-4,9-10,12H2,1-2H3,(H,19,22). The molecule has 128 valence electrons. The lowest BCUT2D eigenvalue weighted by molar-refractivity contribution is -0.121. The first kappa shape index (κ1) is 17.7. The summed E-state index contributed by atoms with van der Waals surface area (Å²) in [7, 11) is 1.63. The van der Waals surface area contributed by atoms with Gasteiger partial charge in [0, 0.05) is 18.3 Å². The van der Waals surface area contributed by atoms with E-state index < -0.39 is 0 Å². The SMILES string of the molecule is CCCc1cc(=O)n(CC(=O)NCCc2ccc(OC)cc2)cn1. The molecule has 1 amide bonds. The van der Waals surface area contributed by atoms with Crippen LogP contribution in [0.15, 0.2) is 41.5 Å². The first-order valence-corrected chi connectivity index (χ1v) is 8.07. The maximum atomic E-state index is 11.9. The van der Waals surface area contributed by atoms with Crippen molar-refractivity contribution in [3.63, 3.8) is 0 Å². The second-order valence-corrected chi connectivity index (χ2v) is 5.54. The van der Waals surface area contributed by atoms with E-state index in [1.807, 2.05) is 31.2 Å². The van der Waals surface area contributed by atoms with Gasteiger partial charge < -0.3 is 10.1 Å². The zero-order chi connectivity index (χ0) is 17.4. The predicted molar refractivity (Wildman–Crippen MR) is 92.2 cm³/mol. The Morgan fingerprint density at radius 2 is 2.00 bits per heavy atom. The number of carbonyl (C=O) groups is 1. The second kappa shape index (κ2) is 8.86. The van der Waals surface area contributed by atoms with E-state index >= 15 is 0 Å². The molecule has 1 aromatic heterocycles. The molecule has 6 heteroatoms. The van der Waals surface area contributed by atoms with E-state index in [1.54, 1.807) is 7.11 Å². The van der Waals surface area contributed by atoms with E-state index in [0.717, 1.165) is 36.3 Å². The van der Waals surface area contributed by atoms with E-state index in [1.165, 1.54) is 17.0 Å². The van der Waals surface area contributed by atoms with E-state index in [9.17, 15) is 9.59 Å². The van der Waals surface area contributed by atoms with E-state index in [4.69, 9.17) is 4.74 Å². The molecule has 0 unspecified atom stereocenters. The summed E-state index contributed by atoms with van der Waals surface area (Å²) in [6, 6.07) is 9.20. The molecule has 0 bridgehead atoms. The molecule has 0 aliphatic rings. The van der Waals surface area contributed by atoms with Crippen molar-refractivity contribution in [2.75, 3.05) is 13.7 Å². The van der Waals surface area contributed by atoms with Crippen LogP contribution in [-0.2, 0) is 24.2 Å². The van der Waals surface area contributed by atoms with Crippen LogP contribution < -0.4 is 15.6 Å². The minimum absolute atomic E-state index is 0.0130. The van der Waals surface area contributed by atoms with Gasteiger partial charge in [-0.3, -0.25) is 14.2 Å². The number of hydrogen-bond acceptors (Lipinski definition) is 4. The molecule has 1 aromatic carbocycles. The Balaban J connectivity index is 1.81. The van der Waals surface area contributed by atoms with Crippen LogP contribution in [0.5, 0.6) is 5.75 Å². The molecule has 0 saturated carbocycles. The minimum Gasteiger partial charge on any atom is -0.497 e. The van der Waals surface area contributed by atoms with Crippen LogP contribution in [0.3, 0.4) is 0 Å². The summed E-state index contributed by atoms with van der Waals surface area (Å²) < 4.78 is 6.43. The molecule has 0 aliphatic heterocycles. The zero-order valence-corrected chi connectivity index (χ0v) is 14.1. The van der Waals surface area contributed by atoms with Crippen LogP contribution in [0, 0.1) is 0 Å². The van der Waals surface area contributed by atoms with Crippen molar-refractivity contribution in [1.82, 2.24) is 14.9 Å². The highest BCUT2D eigenvalue weighted by atomic mass is 16.5. The summed E-state index contributed by atoms with van der Waals surface area (Å²) in [5.41, 5.74) is 1.68. The monoisotopic (exact) mass is 329 g/mol. The first-order chi connectivity index (χ1) is 11.6. The zero-order valence-electron chi connectivity index (χ0n) is 14.1. The van der Waals surface area contributed by atoms with Crippen molar-refractivity contribution in [2.45, 2.75) is 32.7 Å². The molecule has 0 radical (unpaired) electrons. The number of rotatable bonds is 8. The van der Waals surface area contributed by atoms with Crippen molar-refractivity contribution in [2.24, 2.45) is 0 Å². The number of nitrogens with zero attached hydrogens (tertiary/aromatic N) is 2. The van der Waals surface area contributed by atoms with E-state index in [2.05, 4.69) is 10.3 Å². The van der Waals surface area contributed by atoms with Crippen LogP contribution in [0.4, 0.5) is 0 Å². The molecule has 0 atom stereocenters. The number of carbonyl (C=O) groups excluding carboxylic acids is 1. The molecule has 0 saturated heterocycles. The molecule has 6 nitrogen and oxygen atoms in total. The van der Waals surface area contributed by atoms with Crippen LogP contribution in [0.1, 0.15) is 24.6 Å². The number of aromatic nitrogens is 2. The molecule has 0 spiro atoms. The third-order valence-corrected chi connectivity index (χ3v) is 3.65. The lowest BCUT2D eigenvalue weighted by Crippen LogP contribution is -2.33. The van der Waals surface area contributed by atoms with Gasteiger partial charge >= 0.3 is 0 Å². The maximum Gasteiger partial charge on any atom is 0.253 e. The Hall–Kier alpha value is -2.63. The summed E-state index contributed by atoms with van der Waals surface area (Å²) in [6.45, 7) is 2.53. The Morgan fingerprint density at radius 3 is 2.62 bits per heavy atom. The second-order valence-electron chi connectivity index (χ2n) is 5.54. The minimum atomic E-state index is -0.198. The van der Waals surface area contributed by atoms with Gasteiger partial charge in [-0.2, -0.15) is 0 Å². The molecule has 1 heterocycles. The van der Waals surface area contributed by atoms with Gasteiger partial charge in [0.2, 0.25) is 5.91 Å². The topological polar surface area (TPSA) is 73.2 Å². The first-order valence-electron chi connectivity index (χ1n) is 8.07. The number of aryl methyl sites for hydroxylation is 1. The maximum absolute atomic E-state index is 11.9. The highest BCUT2D eigenvalue weighted by molar-refractivity contribution is 5.75. The van der Waals surface area contributed by atoms with Gasteiger partial charge in [-0.15, -0.1) is 0 Å². The Kier molecular flexibility index (Phi) is 6.54. The fourth-order valence-corrected chi connectivity index (χ4v) is 2.32. The number of nitrogens with one attached hydrogen (secondary N) is 1. The van der Waals surface area contributed by atoms with Crippen LogP contribution >= 0.6 is 0 Å². The lowest BCUT2D eigenvalue weighted by atomic mass is 10.1. The third-order valence-electron chi connectivity index (χ3n) is 3.65. The summed E-state index contributed by atoms with van der Waals surface area (Å²) in [5.74, 6) is 0.608. The van der Waals surface area contributed by atoms with Gasteiger partial charge in [0.25, 0.3) is 5.56 Å². The average Bonchev–Trinajstić information content (AvgIpc) is 2.58. The summed E-state index contributed by atoms with van der Waals surface area (Å²) in [4.78, 5) is 28.1. The van der Waals surface area contributed by atoms with Gasteiger partial charge in [-0.1, -0.05) is 25.5 Å². The number of ether oxygens (including phenoxy) is 1. The molecule has 0 aliphatic carbocycles. The molecule has 1 N–H and O–H groups in total. The third kappa shape index (κ3) is 5.22. The predicted octanol–water partition coefficient (Wildman–Crippen LogP) is 1.56. The smallest absolute Gasteiger partial charge is 0.253 e. The van der Waals surface area contributed by atoms with Crippen molar-refractivity contribution >= 4 is 5.91 Å². The van der Waals surface area contributed by atoms with Crippen molar-refractivity contribution < 1.29 is 9.53 Å². The summed E-state index contributed by atoms with van der Waals surface area (Å²) >= 11 is 0. The Bertz CT molecular complexity index is 723. The van der Waals surface area contributed by atoms with Gasteiger partial charge in [-0.25, -0.2) is 4.98 Å². The van der Waals surface area contributed by atoms with E-state index in [-0.39, 0.29) is 18.0 Å². The van der Waals surface area contributed by atoms with Crippen LogP contribution in [-0.4, -0.2) is 29.1 Å². The molecule has 2 aromatic rings. The number of amides is 1. The summed E-state index contributed by atoms with van der Waals surface area (Å²) in [5, 5.41) is 2.82. The average molecular weight is 329 g/mol. The van der Waals surface area contributed by atoms with Gasteiger partial charge in [-0.05, 0) is 30.5 Å². The van der Waals surface area contributed by atoms with Gasteiger partial charge in [0.15, 0.2) is 0 Å². The molecular formula is C18H23N3O3. The lowest BCUT2D eigenvalue weighted by Gasteiger charge is -2.08. The quantitative estimate of drug-likeness (QED) is 0.798. The van der Waals surface area contributed by atoms with Crippen LogP contribution in [0.2, 0.25) is 0 Å². The number of methoxy groups -OCH3 is 1. The highest BCUT2D eigenvalue weighted by Crippen LogP contribution is 2.11. The fourth-order valence-electron chi connectivity index (χ4n) is 2.32. The highest BCUT2D eigenvalue weighted by Gasteiger charge is 2.05. The number of hydrogen-bond donors (Lipinski definition) is 1.